The van der Waals surface area contributed by atoms with Crippen molar-refractivity contribution < 1.29 is 0 Å². The van der Waals surface area contributed by atoms with Crippen LogP contribution < -0.4 is 10.6 Å². The molecule has 2 heterocycles. The fraction of sp³-hybridized carbons (Fsp3) is 0.600. The van der Waals surface area contributed by atoms with E-state index in [4.69, 9.17) is 11.6 Å². The largest absolute Gasteiger partial charge is 0.317 e. The maximum Gasteiger partial charge on any atom is 0.222 e. The summed E-state index contributed by atoms with van der Waals surface area (Å²) >= 11 is 5.71. The lowest BCUT2D eigenvalue weighted by atomic mass is 10.1. The zero-order valence-corrected chi connectivity index (χ0v) is 9.30. The first-order chi connectivity index (χ1) is 7.34. The second kappa shape index (κ2) is 5.39. The summed E-state index contributed by atoms with van der Waals surface area (Å²) in [4.78, 5) is 7.98. The van der Waals surface area contributed by atoms with Gasteiger partial charge in [0.15, 0.2) is 0 Å². The van der Waals surface area contributed by atoms with Gasteiger partial charge in [-0.2, -0.15) is 0 Å². The van der Waals surface area contributed by atoms with Crippen LogP contribution >= 0.6 is 11.6 Å². The van der Waals surface area contributed by atoms with Gasteiger partial charge in [-0.05, 0) is 43.6 Å². The smallest absolute Gasteiger partial charge is 0.222 e. The molecule has 0 amide bonds. The second-order valence-electron chi connectivity index (χ2n) is 3.72. The Morgan fingerprint density at radius 2 is 2.27 bits per heavy atom. The summed E-state index contributed by atoms with van der Waals surface area (Å²) in [5.41, 5.74) is 0.952. The van der Waals surface area contributed by atoms with Gasteiger partial charge >= 0.3 is 0 Å². The Labute approximate surface area is 94.5 Å². The summed E-state index contributed by atoms with van der Waals surface area (Å²) in [7, 11) is 0. The fourth-order valence-corrected chi connectivity index (χ4v) is 1.91. The average molecular weight is 227 g/mol. The summed E-state index contributed by atoms with van der Waals surface area (Å²) in [6.07, 6.45) is 4.05. The van der Waals surface area contributed by atoms with Crippen LogP contribution in [0.1, 0.15) is 18.5 Å². The van der Waals surface area contributed by atoms with Crippen molar-refractivity contribution in [3.05, 3.63) is 23.2 Å². The van der Waals surface area contributed by atoms with E-state index in [2.05, 4.69) is 20.6 Å². The number of rotatable bonds is 3. The molecule has 0 atom stereocenters. The predicted octanol–water partition coefficient (Wildman–Crippen LogP) is 0.972. The molecule has 2 N–H and O–H groups in total. The van der Waals surface area contributed by atoms with Crippen LogP contribution in [0.3, 0.4) is 0 Å². The van der Waals surface area contributed by atoms with Gasteiger partial charge in [0.1, 0.15) is 0 Å². The maximum absolute atomic E-state index is 5.71. The summed E-state index contributed by atoms with van der Waals surface area (Å²) in [6.45, 7) is 2.97. The molecule has 1 aromatic heterocycles. The van der Waals surface area contributed by atoms with Crippen molar-refractivity contribution in [2.24, 2.45) is 0 Å². The van der Waals surface area contributed by atoms with E-state index in [0.717, 1.165) is 25.3 Å². The number of piperidine rings is 1. The molecule has 82 valence electrons. The normalized spacial score (nSPS) is 17.9. The molecule has 2 rings (SSSR count). The van der Waals surface area contributed by atoms with E-state index < -0.39 is 0 Å². The maximum atomic E-state index is 5.71. The van der Waals surface area contributed by atoms with Crippen LogP contribution in [0, 0.1) is 0 Å². The highest BCUT2D eigenvalue weighted by molar-refractivity contribution is 6.28. The lowest BCUT2D eigenvalue weighted by Crippen LogP contribution is -2.39. The van der Waals surface area contributed by atoms with Crippen molar-refractivity contribution in [1.82, 2.24) is 20.6 Å². The van der Waals surface area contributed by atoms with Crippen LogP contribution in [0.5, 0.6) is 0 Å². The first-order valence-electron chi connectivity index (χ1n) is 5.26. The first kappa shape index (κ1) is 10.8. The van der Waals surface area contributed by atoms with Gasteiger partial charge in [0, 0.05) is 18.8 Å². The van der Waals surface area contributed by atoms with Crippen LogP contribution in [-0.4, -0.2) is 29.1 Å². The van der Waals surface area contributed by atoms with Crippen LogP contribution in [-0.2, 0) is 6.54 Å². The van der Waals surface area contributed by atoms with Crippen molar-refractivity contribution in [3.63, 3.8) is 0 Å². The minimum absolute atomic E-state index is 0.319. The van der Waals surface area contributed by atoms with Crippen molar-refractivity contribution >= 4 is 11.6 Å². The third-order valence-electron chi connectivity index (χ3n) is 2.59. The molecular formula is C10H15ClN4. The molecule has 0 aliphatic carbocycles. The van der Waals surface area contributed by atoms with Crippen molar-refractivity contribution in [3.8, 4) is 0 Å². The lowest BCUT2D eigenvalue weighted by Gasteiger charge is -2.23. The summed E-state index contributed by atoms with van der Waals surface area (Å²) in [5.74, 6) is 0. The van der Waals surface area contributed by atoms with Crippen molar-refractivity contribution in [2.45, 2.75) is 25.4 Å². The fourth-order valence-electron chi connectivity index (χ4n) is 1.74. The highest BCUT2D eigenvalue weighted by Crippen LogP contribution is 2.05. The quantitative estimate of drug-likeness (QED) is 0.755. The number of halogens is 1. The lowest BCUT2D eigenvalue weighted by molar-refractivity contribution is 0.385. The average Bonchev–Trinajstić information content (AvgIpc) is 2.28. The van der Waals surface area contributed by atoms with Gasteiger partial charge in [0.2, 0.25) is 5.28 Å². The van der Waals surface area contributed by atoms with E-state index in [9.17, 15) is 0 Å². The number of aromatic nitrogens is 2. The molecule has 0 unspecified atom stereocenters. The summed E-state index contributed by atoms with van der Waals surface area (Å²) < 4.78 is 0. The number of hydrogen-bond acceptors (Lipinski definition) is 4. The molecule has 0 spiro atoms. The zero-order valence-electron chi connectivity index (χ0n) is 8.54. The molecule has 1 aliphatic rings. The van der Waals surface area contributed by atoms with Crippen LogP contribution in [0.25, 0.3) is 0 Å². The van der Waals surface area contributed by atoms with Crippen molar-refractivity contribution in [2.75, 3.05) is 13.1 Å². The van der Waals surface area contributed by atoms with Gasteiger partial charge in [-0.3, -0.25) is 0 Å². The highest BCUT2D eigenvalue weighted by Gasteiger charge is 2.11. The Morgan fingerprint density at radius 1 is 1.47 bits per heavy atom. The van der Waals surface area contributed by atoms with Crippen LogP contribution in [0.2, 0.25) is 5.28 Å². The standard InChI is InChI=1S/C10H15ClN4/c11-10-13-6-3-9(15-10)7-14-8-1-4-12-5-2-8/h3,6,8,12,14H,1-2,4-5,7H2. The third kappa shape index (κ3) is 3.41. The molecule has 0 radical (unpaired) electrons. The molecule has 1 fully saturated rings. The number of nitrogens with one attached hydrogen (secondary N) is 2. The minimum Gasteiger partial charge on any atom is -0.317 e. The topological polar surface area (TPSA) is 49.8 Å². The van der Waals surface area contributed by atoms with Gasteiger partial charge in [-0.25, -0.2) is 9.97 Å². The molecule has 0 saturated carbocycles. The van der Waals surface area contributed by atoms with Gasteiger partial charge in [-0.15, -0.1) is 0 Å². The van der Waals surface area contributed by atoms with E-state index in [0.29, 0.717) is 11.3 Å². The Morgan fingerprint density at radius 3 is 3.00 bits per heavy atom. The Hall–Kier alpha value is -0.710. The Bertz CT molecular complexity index is 312. The second-order valence-corrected chi connectivity index (χ2v) is 4.06. The van der Waals surface area contributed by atoms with E-state index >= 15 is 0 Å². The molecule has 5 heteroatoms. The van der Waals surface area contributed by atoms with Gasteiger partial charge < -0.3 is 10.6 Å². The van der Waals surface area contributed by atoms with Crippen LogP contribution in [0.4, 0.5) is 0 Å². The van der Waals surface area contributed by atoms with Gasteiger partial charge in [0.05, 0.1) is 5.69 Å². The van der Waals surface area contributed by atoms with Gasteiger partial charge in [-0.1, -0.05) is 0 Å². The van der Waals surface area contributed by atoms with E-state index in [1.54, 1.807) is 6.20 Å². The molecular weight excluding hydrogens is 212 g/mol. The molecule has 1 aromatic rings. The van der Waals surface area contributed by atoms with E-state index in [1.807, 2.05) is 6.07 Å². The molecule has 1 aliphatic heterocycles. The molecule has 4 nitrogen and oxygen atoms in total. The molecule has 0 aromatic carbocycles. The minimum atomic E-state index is 0.319. The van der Waals surface area contributed by atoms with Crippen LogP contribution in [0.15, 0.2) is 12.3 Å². The molecule has 1 saturated heterocycles. The number of nitrogens with zero attached hydrogens (tertiary/aromatic N) is 2. The first-order valence-corrected chi connectivity index (χ1v) is 5.64. The molecule has 0 bridgehead atoms. The monoisotopic (exact) mass is 226 g/mol. The third-order valence-corrected chi connectivity index (χ3v) is 2.78. The van der Waals surface area contributed by atoms with Crippen molar-refractivity contribution in [1.29, 1.82) is 0 Å². The van der Waals surface area contributed by atoms with Gasteiger partial charge in [0.25, 0.3) is 0 Å². The Kier molecular flexibility index (Phi) is 3.88. The summed E-state index contributed by atoms with van der Waals surface area (Å²) in [5, 5.41) is 7.13. The zero-order chi connectivity index (χ0) is 10.5. The SMILES string of the molecule is Clc1nccc(CNC2CCNCC2)n1. The van der Waals surface area contributed by atoms with E-state index in [-0.39, 0.29) is 0 Å². The Balaban J connectivity index is 1.81. The number of hydrogen-bond donors (Lipinski definition) is 2. The highest BCUT2D eigenvalue weighted by atomic mass is 35.5. The predicted molar refractivity (Wildman–Crippen MR) is 59.8 cm³/mol. The summed E-state index contributed by atoms with van der Waals surface area (Å²) in [6, 6.07) is 2.49. The molecule has 15 heavy (non-hydrogen) atoms. The van der Waals surface area contributed by atoms with E-state index in [1.165, 1.54) is 12.8 Å².